The molecule has 0 aliphatic heterocycles. The highest BCUT2D eigenvalue weighted by atomic mass is 35.5. The van der Waals surface area contributed by atoms with E-state index < -0.39 is 0 Å². The number of nitrogens with zero attached hydrogens (tertiary/aromatic N) is 1. The van der Waals surface area contributed by atoms with Gasteiger partial charge < -0.3 is 10.0 Å². The number of benzene rings is 1. The number of aromatic hydroxyl groups is 1. The Morgan fingerprint density at radius 1 is 1.35 bits per heavy atom. The van der Waals surface area contributed by atoms with Gasteiger partial charge in [-0.2, -0.15) is 0 Å². The number of carbonyl (C=O) groups excluding carboxylic acids is 1. The molecule has 0 unspecified atom stereocenters. The second kappa shape index (κ2) is 5.41. The van der Waals surface area contributed by atoms with Crippen molar-refractivity contribution in [3.63, 3.8) is 0 Å². The van der Waals surface area contributed by atoms with Crippen molar-refractivity contribution in [2.45, 2.75) is 25.3 Å². The number of carbonyl (C=O) groups is 1. The molecule has 1 aromatic carbocycles. The maximum atomic E-state index is 12.3. The first kappa shape index (κ1) is 12.2. The van der Waals surface area contributed by atoms with E-state index in [2.05, 4.69) is 0 Å². The second-order valence-corrected chi connectivity index (χ2v) is 4.70. The summed E-state index contributed by atoms with van der Waals surface area (Å²) in [6.07, 6.45) is 3.33. The van der Waals surface area contributed by atoms with Gasteiger partial charge in [0.1, 0.15) is 5.75 Å². The topological polar surface area (TPSA) is 40.5 Å². The molecule has 17 heavy (non-hydrogen) atoms. The van der Waals surface area contributed by atoms with Gasteiger partial charge in [0.25, 0.3) is 5.91 Å². The molecule has 1 amide bonds. The summed E-state index contributed by atoms with van der Waals surface area (Å²) in [5, 5.41) is 9.20. The molecule has 0 heterocycles. The molecule has 1 saturated carbocycles. The molecular weight excluding hydrogens is 238 g/mol. The predicted octanol–water partition coefficient (Wildman–Crippen LogP) is 2.63. The van der Waals surface area contributed by atoms with Gasteiger partial charge in [0.05, 0.1) is 0 Å². The van der Waals surface area contributed by atoms with E-state index in [9.17, 15) is 9.90 Å². The summed E-state index contributed by atoms with van der Waals surface area (Å²) in [7, 11) is 0. The minimum absolute atomic E-state index is 0.00958. The average molecular weight is 254 g/mol. The summed E-state index contributed by atoms with van der Waals surface area (Å²) in [5.74, 6) is 0.643. The quantitative estimate of drug-likeness (QED) is 0.838. The van der Waals surface area contributed by atoms with Crippen LogP contribution in [0.2, 0.25) is 0 Å². The molecule has 92 valence electrons. The Labute approximate surface area is 106 Å². The van der Waals surface area contributed by atoms with Crippen LogP contribution in [0.4, 0.5) is 0 Å². The SMILES string of the molecule is O=C(c1ccc(O)cc1)N(CCCl)C1CCC1. The third-order valence-electron chi connectivity index (χ3n) is 3.22. The van der Waals surface area contributed by atoms with E-state index in [1.165, 1.54) is 18.6 Å². The molecule has 0 spiro atoms. The van der Waals surface area contributed by atoms with E-state index in [1.807, 2.05) is 4.90 Å². The first-order chi connectivity index (χ1) is 8.22. The Hall–Kier alpha value is -1.22. The summed E-state index contributed by atoms with van der Waals surface area (Å²) >= 11 is 5.74. The monoisotopic (exact) mass is 253 g/mol. The Morgan fingerprint density at radius 2 is 2.00 bits per heavy atom. The van der Waals surface area contributed by atoms with Crippen LogP contribution in [0.3, 0.4) is 0 Å². The van der Waals surface area contributed by atoms with E-state index in [-0.39, 0.29) is 11.7 Å². The molecule has 4 heteroatoms. The van der Waals surface area contributed by atoms with E-state index in [0.29, 0.717) is 24.0 Å². The number of phenolic OH excluding ortho intramolecular Hbond substituents is 1. The van der Waals surface area contributed by atoms with Crippen LogP contribution in [0.25, 0.3) is 0 Å². The molecule has 1 fully saturated rings. The van der Waals surface area contributed by atoms with Gasteiger partial charge >= 0.3 is 0 Å². The van der Waals surface area contributed by atoms with Crippen LogP contribution in [0.5, 0.6) is 5.75 Å². The van der Waals surface area contributed by atoms with Crippen molar-refractivity contribution in [3.05, 3.63) is 29.8 Å². The average Bonchev–Trinajstić information content (AvgIpc) is 2.26. The summed E-state index contributed by atoms with van der Waals surface area (Å²) in [4.78, 5) is 14.1. The fourth-order valence-corrected chi connectivity index (χ4v) is 2.19. The molecular formula is C13H16ClNO2. The highest BCUT2D eigenvalue weighted by Crippen LogP contribution is 2.26. The molecule has 0 saturated heterocycles. The molecule has 0 bridgehead atoms. The molecule has 1 aromatic rings. The lowest BCUT2D eigenvalue weighted by molar-refractivity contribution is 0.0598. The minimum Gasteiger partial charge on any atom is -0.508 e. The summed E-state index contributed by atoms with van der Waals surface area (Å²) in [6.45, 7) is 0.589. The lowest BCUT2D eigenvalue weighted by Crippen LogP contribution is -2.45. The van der Waals surface area contributed by atoms with Crippen LogP contribution in [0.15, 0.2) is 24.3 Å². The summed E-state index contributed by atoms with van der Waals surface area (Å²) in [6, 6.07) is 6.71. The number of halogens is 1. The van der Waals surface area contributed by atoms with Crippen molar-refractivity contribution in [1.82, 2.24) is 4.90 Å². The standard InChI is InChI=1S/C13H16ClNO2/c14-8-9-15(11-2-1-3-11)13(17)10-4-6-12(16)7-5-10/h4-7,11,16H,1-3,8-9H2. The van der Waals surface area contributed by atoms with Crippen molar-refractivity contribution in [2.75, 3.05) is 12.4 Å². The number of phenols is 1. The lowest BCUT2D eigenvalue weighted by atomic mass is 9.91. The van der Waals surface area contributed by atoms with Crippen LogP contribution >= 0.6 is 11.6 Å². The maximum Gasteiger partial charge on any atom is 0.254 e. The van der Waals surface area contributed by atoms with Crippen molar-refractivity contribution in [3.8, 4) is 5.75 Å². The molecule has 2 rings (SSSR count). The second-order valence-electron chi connectivity index (χ2n) is 4.32. The van der Waals surface area contributed by atoms with Crippen molar-refractivity contribution >= 4 is 17.5 Å². The first-order valence-corrected chi connectivity index (χ1v) is 6.42. The van der Waals surface area contributed by atoms with Gasteiger partial charge in [0, 0.05) is 24.0 Å². The number of rotatable bonds is 4. The fraction of sp³-hybridized carbons (Fsp3) is 0.462. The van der Waals surface area contributed by atoms with Gasteiger partial charge in [-0.3, -0.25) is 4.79 Å². The molecule has 0 atom stereocenters. The molecule has 3 nitrogen and oxygen atoms in total. The molecule has 0 radical (unpaired) electrons. The van der Waals surface area contributed by atoms with Crippen LogP contribution < -0.4 is 0 Å². The van der Waals surface area contributed by atoms with E-state index in [1.54, 1.807) is 12.1 Å². The third-order valence-corrected chi connectivity index (χ3v) is 3.39. The molecule has 1 aliphatic rings. The summed E-state index contributed by atoms with van der Waals surface area (Å²) < 4.78 is 0. The highest BCUT2D eigenvalue weighted by Gasteiger charge is 2.28. The smallest absolute Gasteiger partial charge is 0.254 e. The zero-order valence-corrected chi connectivity index (χ0v) is 10.4. The van der Waals surface area contributed by atoms with Gasteiger partial charge in [-0.05, 0) is 43.5 Å². The van der Waals surface area contributed by atoms with Crippen LogP contribution in [-0.2, 0) is 0 Å². The van der Waals surface area contributed by atoms with Gasteiger partial charge in [-0.25, -0.2) is 0 Å². The van der Waals surface area contributed by atoms with Gasteiger partial charge in [-0.1, -0.05) is 0 Å². The summed E-state index contributed by atoms with van der Waals surface area (Å²) in [5.41, 5.74) is 0.611. The number of amides is 1. The van der Waals surface area contributed by atoms with Crippen molar-refractivity contribution in [1.29, 1.82) is 0 Å². The van der Waals surface area contributed by atoms with Crippen molar-refractivity contribution in [2.24, 2.45) is 0 Å². The minimum atomic E-state index is 0.00958. The molecule has 0 aromatic heterocycles. The van der Waals surface area contributed by atoms with E-state index in [0.717, 1.165) is 12.8 Å². The number of hydrogen-bond acceptors (Lipinski definition) is 2. The largest absolute Gasteiger partial charge is 0.508 e. The first-order valence-electron chi connectivity index (χ1n) is 5.88. The fourth-order valence-electron chi connectivity index (χ4n) is 2.01. The maximum absolute atomic E-state index is 12.3. The molecule has 1 aliphatic carbocycles. The zero-order chi connectivity index (χ0) is 12.3. The van der Waals surface area contributed by atoms with Crippen molar-refractivity contribution < 1.29 is 9.90 Å². The number of hydrogen-bond donors (Lipinski definition) is 1. The Kier molecular flexibility index (Phi) is 3.89. The van der Waals surface area contributed by atoms with Crippen LogP contribution in [0.1, 0.15) is 29.6 Å². The van der Waals surface area contributed by atoms with Gasteiger partial charge in [0.2, 0.25) is 0 Å². The van der Waals surface area contributed by atoms with Crippen LogP contribution in [0, 0.1) is 0 Å². The third kappa shape index (κ3) is 2.72. The number of alkyl halides is 1. The van der Waals surface area contributed by atoms with E-state index >= 15 is 0 Å². The van der Waals surface area contributed by atoms with Gasteiger partial charge in [-0.15, -0.1) is 11.6 Å². The predicted molar refractivity (Wildman–Crippen MR) is 67.5 cm³/mol. The van der Waals surface area contributed by atoms with E-state index in [4.69, 9.17) is 11.6 Å². The Bertz CT molecular complexity index is 387. The van der Waals surface area contributed by atoms with Crippen LogP contribution in [-0.4, -0.2) is 34.4 Å². The normalized spacial score (nSPS) is 15.4. The van der Waals surface area contributed by atoms with Gasteiger partial charge in [0.15, 0.2) is 0 Å². The Balaban J connectivity index is 2.12. The highest BCUT2D eigenvalue weighted by molar-refractivity contribution is 6.18. The Morgan fingerprint density at radius 3 is 2.47 bits per heavy atom. The molecule has 1 N–H and O–H groups in total. The lowest BCUT2D eigenvalue weighted by Gasteiger charge is -2.37. The zero-order valence-electron chi connectivity index (χ0n) is 9.60.